The van der Waals surface area contributed by atoms with Gasteiger partial charge in [-0.3, -0.25) is 0 Å². The fourth-order valence-electron chi connectivity index (χ4n) is 3.64. The molecule has 0 unspecified atom stereocenters. The second-order valence-electron chi connectivity index (χ2n) is 5.89. The highest BCUT2D eigenvalue weighted by molar-refractivity contribution is 5.49. The second-order valence-corrected chi connectivity index (χ2v) is 5.89. The summed E-state index contributed by atoms with van der Waals surface area (Å²) in [6, 6.07) is 2.15. The number of rotatable bonds is 1. The van der Waals surface area contributed by atoms with Crippen molar-refractivity contribution < 1.29 is 0 Å². The summed E-state index contributed by atoms with van der Waals surface area (Å²) in [6.07, 6.45) is 12.8. The molecule has 2 heterocycles. The summed E-state index contributed by atoms with van der Waals surface area (Å²) in [5.41, 5.74) is 1.05. The van der Waals surface area contributed by atoms with Gasteiger partial charge in [0.05, 0.1) is 0 Å². The average molecular weight is 256 g/mol. The van der Waals surface area contributed by atoms with Crippen LogP contribution in [0.2, 0.25) is 0 Å². The Hall–Kier alpha value is -1.63. The Bertz CT molecular complexity index is 475. The molecule has 2 aliphatic rings. The molecule has 0 amide bonds. The normalized spacial score (nSPS) is 22.2. The van der Waals surface area contributed by atoms with E-state index in [1.807, 2.05) is 0 Å². The lowest BCUT2D eigenvalue weighted by atomic mass is 9.68. The van der Waals surface area contributed by atoms with Crippen LogP contribution in [-0.4, -0.2) is 23.1 Å². The van der Waals surface area contributed by atoms with Crippen LogP contribution in [0.3, 0.4) is 0 Å². The fraction of sp³-hybridized carbons (Fsp3) is 0.667. The maximum Gasteiger partial charge on any atom is 0.183 e. The number of anilines is 1. The van der Waals surface area contributed by atoms with Crippen LogP contribution >= 0.6 is 0 Å². The summed E-state index contributed by atoms with van der Waals surface area (Å²) in [4.78, 5) is 10.7. The minimum Gasteiger partial charge on any atom is -0.354 e. The van der Waals surface area contributed by atoms with E-state index in [0.717, 1.165) is 18.9 Å². The highest BCUT2D eigenvalue weighted by Gasteiger charge is 2.36. The van der Waals surface area contributed by atoms with Crippen molar-refractivity contribution in [1.82, 2.24) is 9.97 Å². The van der Waals surface area contributed by atoms with E-state index in [9.17, 15) is 0 Å². The van der Waals surface area contributed by atoms with Crippen LogP contribution in [-0.2, 0) is 0 Å². The Morgan fingerprint density at radius 3 is 2.37 bits per heavy atom. The van der Waals surface area contributed by atoms with Gasteiger partial charge in [-0.25, -0.2) is 9.97 Å². The fourth-order valence-corrected chi connectivity index (χ4v) is 3.64. The standard InChI is InChI=1S/C15H20N4/c16-12-13-14(18-9-8-17-13)19-10-6-15(7-11-19)4-2-1-3-5-15/h8-9H,1-7,10-11H2. The third-order valence-corrected chi connectivity index (χ3v) is 4.82. The number of piperidine rings is 1. The van der Waals surface area contributed by atoms with Crippen molar-refractivity contribution in [1.29, 1.82) is 5.26 Å². The molecule has 4 heteroatoms. The first kappa shape index (κ1) is 12.4. The zero-order valence-corrected chi connectivity index (χ0v) is 11.3. The van der Waals surface area contributed by atoms with Crippen molar-refractivity contribution in [3.8, 4) is 6.07 Å². The van der Waals surface area contributed by atoms with Crippen LogP contribution in [0.1, 0.15) is 50.6 Å². The molecule has 1 spiro atoms. The summed E-state index contributed by atoms with van der Waals surface area (Å²) in [5.74, 6) is 0.774. The van der Waals surface area contributed by atoms with Crippen molar-refractivity contribution >= 4 is 5.82 Å². The van der Waals surface area contributed by atoms with Gasteiger partial charge in [-0.1, -0.05) is 19.3 Å². The molecule has 0 bridgehead atoms. The number of hydrogen-bond donors (Lipinski definition) is 0. The lowest BCUT2D eigenvalue weighted by Crippen LogP contribution is -2.41. The van der Waals surface area contributed by atoms with Crippen molar-refractivity contribution in [3.05, 3.63) is 18.1 Å². The Kier molecular flexibility index (Phi) is 3.37. The maximum absolute atomic E-state index is 9.11. The van der Waals surface area contributed by atoms with Crippen molar-refractivity contribution in [3.63, 3.8) is 0 Å². The van der Waals surface area contributed by atoms with Gasteiger partial charge in [-0.2, -0.15) is 5.26 Å². The van der Waals surface area contributed by atoms with Crippen molar-refractivity contribution in [2.24, 2.45) is 5.41 Å². The lowest BCUT2D eigenvalue weighted by molar-refractivity contribution is 0.144. The summed E-state index contributed by atoms with van der Waals surface area (Å²) in [7, 11) is 0. The second kappa shape index (κ2) is 5.16. The molecule has 19 heavy (non-hydrogen) atoms. The molecule has 1 saturated carbocycles. The van der Waals surface area contributed by atoms with E-state index >= 15 is 0 Å². The molecular formula is C15H20N4. The summed E-state index contributed by atoms with van der Waals surface area (Å²) in [6.45, 7) is 2.04. The average Bonchev–Trinajstić information content (AvgIpc) is 2.49. The molecule has 1 aromatic rings. The highest BCUT2D eigenvalue weighted by Crippen LogP contribution is 2.45. The zero-order valence-electron chi connectivity index (χ0n) is 11.3. The predicted molar refractivity (Wildman–Crippen MR) is 73.7 cm³/mol. The van der Waals surface area contributed by atoms with Gasteiger partial charge >= 0.3 is 0 Å². The number of hydrogen-bond acceptors (Lipinski definition) is 4. The van der Waals surface area contributed by atoms with E-state index < -0.39 is 0 Å². The Morgan fingerprint density at radius 2 is 1.68 bits per heavy atom. The molecule has 0 N–H and O–H groups in total. The van der Waals surface area contributed by atoms with Gasteiger partial charge in [-0.05, 0) is 31.1 Å². The van der Waals surface area contributed by atoms with Crippen LogP contribution in [0, 0.1) is 16.7 Å². The van der Waals surface area contributed by atoms with Gasteiger partial charge in [0.1, 0.15) is 6.07 Å². The van der Waals surface area contributed by atoms with Gasteiger partial charge in [0.25, 0.3) is 0 Å². The first-order chi connectivity index (χ1) is 9.33. The highest BCUT2D eigenvalue weighted by atomic mass is 15.2. The molecule has 3 rings (SSSR count). The van der Waals surface area contributed by atoms with E-state index in [-0.39, 0.29) is 0 Å². The minimum atomic E-state index is 0.460. The van der Waals surface area contributed by atoms with Crippen LogP contribution in [0.15, 0.2) is 12.4 Å². The Balaban J connectivity index is 1.71. The predicted octanol–water partition coefficient (Wildman–Crippen LogP) is 2.90. The third kappa shape index (κ3) is 2.42. The van der Waals surface area contributed by atoms with E-state index in [0.29, 0.717) is 11.1 Å². The van der Waals surface area contributed by atoms with Gasteiger partial charge in [0, 0.05) is 25.5 Å². The minimum absolute atomic E-state index is 0.460. The first-order valence-electron chi connectivity index (χ1n) is 7.29. The van der Waals surface area contributed by atoms with Gasteiger partial charge in [0.2, 0.25) is 0 Å². The Labute approximate surface area is 114 Å². The monoisotopic (exact) mass is 256 g/mol. The summed E-state index contributed by atoms with van der Waals surface area (Å²) in [5, 5.41) is 9.11. The molecule has 1 saturated heterocycles. The molecule has 0 aromatic carbocycles. The van der Waals surface area contributed by atoms with E-state index in [4.69, 9.17) is 5.26 Å². The molecule has 100 valence electrons. The lowest BCUT2D eigenvalue weighted by Gasteiger charge is -2.44. The topological polar surface area (TPSA) is 52.8 Å². The molecule has 1 aliphatic carbocycles. The van der Waals surface area contributed by atoms with Crippen molar-refractivity contribution in [2.45, 2.75) is 44.9 Å². The summed E-state index contributed by atoms with van der Waals surface area (Å²) >= 11 is 0. The molecular weight excluding hydrogens is 236 g/mol. The van der Waals surface area contributed by atoms with Crippen LogP contribution in [0.25, 0.3) is 0 Å². The molecule has 4 nitrogen and oxygen atoms in total. The van der Waals surface area contributed by atoms with Gasteiger partial charge < -0.3 is 4.90 Å². The molecule has 0 radical (unpaired) electrons. The van der Waals surface area contributed by atoms with Gasteiger partial charge in [-0.15, -0.1) is 0 Å². The third-order valence-electron chi connectivity index (χ3n) is 4.82. The number of nitrogens with zero attached hydrogens (tertiary/aromatic N) is 4. The molecule has 1 aromatic heterocycles. The SMILES string of the molecule is N#Cc1nccnc1N1CCC2(CCCCC2)CC1. The number of aromatic nitrogens is 2. The van der Waals surface area contributed by atoms with Crippen LogP contribution in [0.5, 0.6) is 0 Å². The zero-order chi connectivity index (χ0) is 13.1. The maximum atomic E-state index is 9.11. The molecule has 1 aliphatic heterocycles. The summed E-state index contributed by atoms with van der Waals surface area (Å²) < 4.78 is 0. The first-order valence-corrected chi connectivity index (χ1v) is 7.29. The molecule has 2 fully saturated rings. The van der Waals surface area contributed by atoms with Crippen LogP contribution < -0.4 is 4.90 Å². The Morgan fingerprint density at radius 1 is 1.00 bits per heavy atom. The largest absolute Gasteiger partial charge is 0.354 e. The van der Waals surface area contributed by atoms with Gasteiger partial charge in [0.15, 0.2) is 11.5 Å². The van der Waals surface area contributed by atoms with E-state index in [1.54, 1.807) is 12.4 Å². The number of nitriles is 1. The quantitative estimate of drug-likeness (QED) is 0.775. The molecule has 0 atom stereocenters. The van der Waals surface area contributed by atoms with Crippen LogP contribution in [0.4, 0.5) is 5.82 Å². The van der Waals surface area contributed by atoms with Crippen molar-refractivity contribution in [2.75, 3.05) is 18.0 Å². The van der Waals surface area contributed by atoms with E-state index in [1.165, 1.54) is 44.9 Å². The smallest absolute Gasteiger partial charge is 0.183 e. The van der Waals surface area contributed by atoms with E-state index in [2.05, 4.69) is 20.9 Å².